The van der Waals surface area contributed by atoms with Crippen LogP contribution in [-0.2, 0) is 0 Å². The zero-order valence-electron chi connectivity index (χ0n) is 15.8. The second-order valence-corrected chi connectivity index (χ2v) is 7.85. The second-order valence-electron chi connectivity index (χ2n) is 7.00. The smallest absolute Gasteiger partial charge is 0.260 e. The number of fused-ring (bicyclic) bond motifs is 1. The number of pyridine rings is 1. The molecule has 146 valence electrons. The number of hydrogen-bond acceptors (Lipinski definition) is 3. The van der Waals surface area contributed by atoms with E-state index in [1.807, 2.05) is 43.3 Å². The predicted octanol–water partition coefficient (Wildman–Crippen LogP) is 5.94. The van der Waals surface area contributed by atoms with Crippen molar-refractivity contribution in [2.24, 2.45) is 0 Å². The lowest BCUT2D eigenvalue weighted by Gasteiger charge is -2.14. The molecule has 0 spiro atoms. The summed E-state index contributed by atoms with van der Waals surface area (Å²) in [5.41, 5.74) is 3.63. The third-order valence-corrected chi connectivity index (χ3v) is 5.47. The van der Waals surface area contributed by atoms with Crippen molar-refractivity contribution < 1.29 is 5.11 Å². The van der Waals surface area contributed by atoms with Crippen molar-refractivity contribution in [1.29, 1.82) is 0 Å². The Labute approximate surface area is 177 Å². The van der Waals surface area contributed by atoms with E-state index in [1.54, 1.807) is 36.4 Å². The molecule has 3 aromatic carbocycles. The summed E-state index contributed by atoms with van der Waals surface area (Å²) in [5, 5.41) is 12.5. The lowest BCUT2D eigenvalue weighted by Crippen LogP contribution is -2.09. The molecule has 0 saturated carbocycles. The summed E-state index contributed by atoms with van der Waals surface area (Å²) in [7, 11) is 3.95. The van der Waals surface area contributed by atoms with Crippen molar-refractivity contribution in [2.45, 2.75) is 0 Å². The molecule has 0 bridgehead atoms. The van der Waals surface area contributed by atoms with Crippen LogP contribution in [-0.4, -0.2) is 24.2 Å². The number of H-pyrrole nitrogens is 1. The average molecular weight is 425 g/mol. The second kappa shape index (κ2) is 7.47. The van der Waals surface area contributed by atoms with Gasteiger partial charge in [0.2, 0.25) is 0 Å². The average Bonchev–Trinajstić information content (AvgIpc) is 2.69. The topological polar surface area (TPSA) is 56.3 Å². The maximum Gasteiger partial charge on any atom is 0.260 e. The van der Waals surface area contributed by atoms with Crippen LogP contribution in [0.25, 0.3) is 33.2 Å². The minimum absolute atomic E-state index is 0.0890. The SMILES string of the molecule is CN(C)c1ccc(-c2cc3c(O)c(-c4ccc(Cl)cc4)c(=O)[nH]c3cc2Cl)cc1. The summed E-state index contributed by atoms with van der Waals surface area (Å²) in [6.07, 6.45) is 0. The predicted molar refractivity (Wildman–Crippen MR) is 121 cm³/mol. The number of aromatic hydroxyl groups is 1. The van der Waals surface area contributed by atoms with Crippen LogP contribution in [0.1, 0.15) is 0 Å². The third kappa shape index (κ3) is 3.57. The van der Waals surface area contributed by atoms with E-state index >= 15 is 0 Å². The molecule has 1 heterocycles. The van der Waals surface area contributed by atoms with Crippen molar-refractivity contribution in [2.75, 3.05) is 19.0 Å². The van der Waals surface area contributed by atoms with E-state index in [-0.39, 0.29) is 11.3 Å². The van der Waals surface area contributed by atoms with E-state index in [0.29, 0.717) is 26.5 Å². The molecule has 0 fully saturated rings. The van der Waals surface area contributed by atoms with E-state index in [4.69, 9.17) is 23.2 Å². The van der Waals surface area contributed by atoms with Crippen molar-refractivity contribution in [3.63, 3.8) is 0 Å². The molecule has 0 aliphatic carbocycles. The fourth-order valence-corrected chi connectivity index (χ4v) is 3.74. The number of rotatable bonds is 3. The molecule has 4 nitrogen and oxygen atoms in total. The number of nitrogens with one attached hydrogen (secondary N) is 1. The van der Waals surface area contributed by atoms with Crippen molar-refractivity contribution in [1.82, 2.24) is 4.98 Å². The molecule has 0 amide bonds. The van der Waals surface area contributed by atoms with Crippen LogP contribution in [0, 0.1) is 0 Å². The van der Waals surface area contributed by atoms with Gasteiger partial charge in [0.25, 0.3) is 5.56 Å². The highest BCUT2D eigenvalue weighted by molar-refractivity contribution is 6.34. The van der Waals surface area contributed by atoms with Gasteiger partial charge >= 0.3 is 0 Å². The van der Waals surface area contributed by atoms with Crippen molar-refractivity contribution in [3.05, 3.63) is 81.1 Å². The molecular formula is C23H18Cl2N2O2. The van der Waals surface area contributed by atoms with E-state index in [0.717, 1.165) is 16.8 Å². The maximum absolute atomic E-state index is 12.6. The summed E-state index contributed by atoms with van der Waals surface area (Å²) >= 11 is 12.4. The Kier molecular flexibility index (Phi) is 4.99. The first-order chi connectivity index (χ1) is 13.8. The molecule has 0 atom stereocenters. The highest BCUT2D eigenvalue weighted by Crippen LogP contribution is 2.38. The van der Waals surface area contributed by atoms with Crippen LogP contribution in [0.3, 0.4) is 0 Å². The molecule has 0 saturated heterocycles. The number of aromatic nitrogens is 1. The fraction of sp³-hybridized carbons (Fsp3) is 0.0870. The van der Waals surface area contributed by atoms with Gasteiger partial charge < -0.3 is 15.0 Å². The Morgan fingerprint density at radius 1 is 0.897 bits per heavy atom. The first-order valence-corrected chi connectivity index (χ1v) is 9.73. The number of halogens is 2. The minimum Gasteiger partial charge on any atom is -0.506 e. The number of benzene rings is 3. The van der Waals surface area contributed by atoms with Gasteiger partial charge in [-0.3, -0.25) is 4.79 Å². The normalized spacial score (nSPS) is 11.0. The van der Waals surface area contributed by atoms with Gasteiger partial charge in [0, 0.05) is 35.8 Å². The summed E-state index contributed by atoms with van der Waals surface area (Å²) in [5.74, 6) is -0.0890. The highest BCUT2D eigenvalue weighted by Gasteiger charge is 2.16. The first-order valence-electron chi connectivity index (χ1n) is 8.97. The number of nitrogens with zero attached hydrogens (tertiary/aromatic N) is 1. The van der Waals surface area contributed by atoms with Gasteiger partial charge in [0.15, 0.2) is 0 Å². The minimum atomic E-state index is -0.392. The molecule has 4 aromatic rings. The lowest BCUT2D eigenvalue weighted by molar-refractivity contribution is 0.482. The molecular weight excluding hydrogens is 407 g/mol. The monoisotopic (exact) mass is 424 g/mol. The van der Waals surface area contributed by atoms with Gasteiger partial charge in [-0.05, 0) is 47.5 Å². The van der Waals surface area contributed by atoms with Gasteiger partial charge in [-0.1, -0.05) is 47.5 Å². The standard InChI is InChI=1S/C23H18Cl2N2O2/c1-27(2)16-9-5-13(6-10-16)17-11-18-20(12-19(17)25)26-23(29)21(22(18)28)14-3-7-15(24)8-4-14/h3-12H,1-2H3,(H2,26,28,29). The lowest BCUT2D eigenvalue weighted by atomic mass is 9.99. The van der Waals surface area contributed by atoms with Crippen LogP contribution in [0.5, 0.6) is 5.75 Å². The Balaban J connectivity index is 1.92. The van der Waals surface area contributed by atoms with E-state index in [2.05, 4.69) is 4.98 Å². The fourth-order valence-electron chi connectivity index (χ4n) is 3.34. The van der Waals surface area contributed by atoms with Crippen LogP contribution >= 0.6 is 23.2 Å². The van der Waals surface area contributed by atoms with Crippen LogP contribution in [0.2, 0.25) is 10.0 Å². The van der Waals surface area contributed by atoms with Gasteiger partial charge in [0.05, 0.1) is 16.1 Å². The van der Waals surface area contributed by atoms with Crippen LogP contribution in [0.15, 0.2) is 65.5 Å². The molecule has 4 rings (SSSR count). The maximum atomic E-state index is 12.6. The van der Waals surface area contributed by atoms with Crippen LogP contribution in [0.4, 0.5) is 5.69 Å². The molecule has 1 aromatic heterocycles. The van der Waals surface area contributed by atoms with E-state index in [9.17, 15) is 9.90 Å². The van der Waals surface area contributed by atoms with Crippen molar-refractivity contribution >= 4 is 39.8 Å². The Morgan fingerprint density at radius 3 is 2.14 bits per heavy atom. The number of aromatic amines is 1. The molecule has 2 N–H and O–H groups in total. The molecule has 0 aliphatic heterocycles. The Hall–Kier alpha value is -2.95. The van der Waals surface area contributed by atoms with Crippen LogP contribution < -0.4 is 10.5 Å². The summed E-state index contributed by atoms with van der Waals surface area (Å²) in [6.45, 7) is 0. The van der Waals surface area contributed by atoms with Gasteiger partial charge in [-0.15, -0.1) is 0 Å². The zero-order chi connectivity index (χ0) is 20.7. The third-order valence-electron chi connectivity index (χ3n) is 4.90. The Bertz CT molecular complexity index is 1260. The molecule has 0 aliphatic rings. The van der Waals surface area contributed by atoms with Gasteiger partial charge in [-0.25, -0.2) is 0 Å². The Morgan fingerprint density at radius 2 is 1.52 bits per heavy atom. The van der Waals surface area contributed by atoms with Gasteiger partial charge in [0.1, 0.15) is 5.75 Å². The number of anilines is 1. The molecule has 0 radical (unpaired) electrons. The molecule has 6 heteroatoms. The van der Waals surface area contributed by atoms with E-state index in [1.165, 1.54) is 0 Å². The quantitative estimate of drug-likeness (QED) is 0.427. The first kappa shape index (κ1) is 19.4. The van der Waals surface area contributed by atoms with E-state index < -0.39 is 5.56 Å². The summed E-state index contributed by atoms with van der Waals surface area (Å²) < 4.78 is 0. The largest absolute Gasteiger partial charge is 0.506 e. The number of hydrogen-bond donors (Lipinski definition) is 2. The summed E-state index contributed by atoms with van der Waals surface area (Å²) in [6, 6.07) is 18.2. The molecule has 0 unspecified atom stereocenters. The highest BCUT2D eigenvalue weighted by atomic mass is 35.5. The summed E-state index contributed by atoms with van der Waals surface area (Å²) in [4.78, 5) is 17.4. The molecule has 29 heavy (non-hydrogen) atoms. The zero-order valence-corrected chi connectivity index (χ0v) is 17.3. The van der Waals surface area contributed by atoms with Crippen molar-refractivity contribution in [3.8, 4) is 28.0 Å². The van der Waals surface area contributed by atoms with Gasteiger partial charge in [-0.2, -0.15) is 0 Å².